The van der Waals surface area contributed by atoms with Crippen molar-refractivity contribution in [3.8, 4) is 5.75 Å². The summed E-state index contributed by atoms with van der Waals surface area (Å²) in [6.45, 7) is -0.112. The van der Waals surface area contributed by atoms with Crippen LogP contribution in [-0.2, 0) is 0 Å². The topological polar surface area (TPSA) is 69.4 Å². The molecule has 0 N–H and O–H groups in total. The molecule has 102 valence electrons. The fourth-order valence-corrected chi connectivity index (χ4v) is 1.80. The quantitative estimate of drug-likeness (QED) is 0.475. The zero-order chi connectivity index (χ0) is 14.5. The molecule has 0 bridgehead atoms. The number of carbonyl (C=O) groups is 1. The second-order valence-electron chi connectivity index (χ2n) is 3.97. The van der Waals surface area contributed by atoms with Crippen molar-refractivity contribution in [1.29, 1.82) is 0 Å². The number of benzene rings is 2. The van der Waals surface area contributed by atoms with E-state index in [2.05, 4.69) is 15.9 Å². The molecule has 0 heterocycles. The Morgan fingerprint density at radius 3 is 2.25 bits per heavy atom. The number of halogens is 1. The number of carbonyl (C=O) groups excluding carboxylic acids is 1. The fourth-order valence-electron chi connectivity index (χ4n) is 1.53. The van der Waals surface area contributed by atoms with Gasteiger partial charge in [-0.25, -0.2) is 0 Å². The van der Waals surface area contributed by atoms with Gasteiger partial charge >= 0.3 is 0 Å². The Kier molecular flexibility index (Phi) is 4.47. The molecule has 0 saturated carbocycles. The van der Waals surface area contributed by atoms with Crippen LogP contribution in [0.15, 0.2) is 53.0 Å². The van der Waals surface area contributed by atoms with Crippen molar-refractivity contribution >= 4 is 27.4 Å². The number of nitro groups is 1. The lowest BCUT2D eigenvalue weighted by molar-refractivity contribution is -0.384. The number of nitrogens with zero attached hydrogens (tertiary/aromatic N) is 1. The predicted octanol–water partition coefficient (Wildman–Crippen LogP) is 3.62. The molecular formula is C14H10BrNO4. The number of hydrogen-bond donors (Lipinski definition) is 0. The molecule has 2 aromatic carbocycles. The third-order valence-corrected chi connectivity index (χ3v) is 3.11. The Balaban J connectivity index is 1.96. The Bertz CT molecular complexity index is 623. The lowest BCUT2D eigenvalue weighted by atomic mass is 10.1. The van der Waals surface area contributed by atoms with E-state index in [0.717, 1.165) is 4.47 Å². The Hall–Kier alpha value is -2.21. The molecular weight excluding hydrogens is 326 g/mol. The molecule has 5 nitrogen and oxygen atoms in total. The number of nitro benzene ring substituents is 1. The van der Waals surface area contributed by atoms with E-state index in [9.17, 15) is 14.9 Å². The monoisotopic (exact) mass is 335 g/mol. The van der Waals surface area contributed by atoms with Crippen molar-refractivity contribution in [2.45, 2.75) is 0 Å². The van der Waals surface area contributed by atoms with Gasteiger partial charge in [-0.2, -0.15) is 0 Å². The Labute approximate surface area is 123 Å². The first-order valence-corrected chi connectivity index (χ1v) is 6.51. The van der Waals surface area contributed by atoms with Crippen LogP contribution in [-0.4, -0.2) is 17.3 Å². The van der Waals surface area contributed by atoms with Gasteiger partial charge in [-0.05, 0) is 24.3 Å². The standard InChI is InChI=1S/C14H10BrNO4/c15-11-3-1-10(2-4-11)14(17)9-20-13-7-5-12(6-8-13)16(18)19/h1-8H,9H2. The highest BCUT2D eigenvalue weighted by Gasteiger charge is 2.08. The van der Waals surface area contributed by atoms with Crippen LogP contribution in [0.4, 0.5) is 5.69 Å². The molecule has 0 amide bonds. The summed E-state index contributed by atoms with van der Waals surface area (Å²) in [6.07, 6.45) is 0. The molecule has 0 fully saturated rings. The first-order chi connectivity index (χ1) is 9.56. The van der Waals surface area contributed by atoms with Crippen LogP contribution in [0.25, 0.3) is 0 Å². The van der Waals surface area contributed by atoms with Gasteiger partial charge < -0.3 is 4.74 Å². The summed E-state index contributed by atoms with van der Waals surface area (Å²) in [5, 5.41) is 10.5. The summed E-state index contributed by atoms with van der Waals surface area (Å²) in [7, 11) is 0. The molecule has 2 aromatic rings. The van der Waals surface area contributed by atoms with Crippen LogP contribution in [0, 0.1) is 10.1 Å². The molecule has 0 saturated heterocycles. The number of ketones is 1. The highest BCUT2D eigenvalue weighted by atomic mass is 79.9. The van der Waals surface area contributed by atoms with E-state index in [4.69, 9.17) is 4.74 Å². The highest BCUT2D eigenvalue weighted by molar-refractivity contribution is 9.10. The Morgan fingerprint density at radius 2 is 1.70 bits per heavy atom. The smallest absolute Gasteiger partial charge is 0.269 e. The number of ether oxygens (including phenoxy) is 1. The van der Waals surface area contributed by atoms with Crippen LogP contribution in [0.3, 0.4) is 0 Å². The zero-order valence-electron chi connectivity index (χ0n) is 10.3. The van der Waals surface area contributed by atoms with E-state index in [0.29, 0.717) is 11.3 Å². The van der Waals surface area contributed by atoms with Crippen LogP contribution in [0.1, 0.15) is 10.4 Å². The maximum Gasteiger partial charge on any atom is 0.269 e. The molecule has 0 spiro atoms. The van der Waals surface area contributed by atoms with Crippen molar-refractivity contribution in [3.63, 3.8) is 0 Å². The Morgan fingerprint density at radius 1 is 1.10 bits per heavy atom. The predicted molar refractivity (Wildman–Crippen MR) is 77.1 cm³/mol. The maximum absolute atomic E-state index is 11.9. The van der Waals surface area contributed by atoms with E-state index >= 15 is 0 Å². The van der Waals surface area contributed by atoms with Crippen molar-refractivity contribution in [2.75, 3.05) is 6.61 Å². The van der Waals surface area contributed by atoms with Crippen LogP contribution in [0.2, 0.25) is 0 Å². The second-order valence-corrected chi connectivity index (χ2v) is 4.89. The fraction of sp³-hybridized carbons (Fsp3) is 0.0714. The minimum atomic E-state index is -0.489. The molecule has 0 aliphatic rings. The first-order valence-electron chi connectivity index (χ1n) is 5.72. The van der Waals surface area contributed by atoms with Gasteiger partial charge in [-0.1, -0.05) is 28.1 Å². The van der Waals surface area contributed by atoms with Crippen LogP contribution < -0.4 is 4.74 Å². The first kappa shape index (κ1) is 14.2. The van der Waals surface area contributed by atoms with Gasteiger partial charge in [-0.3, -0.25) is 14.9 Å². The van der Waals surface area contributed by atoms with Crippen molar-refractivity contribution in [2.24, 2.45) is 0 Å². The maximum atomic E-state index is 11.9. The van der Waals surface area contributed by atoms with Gasteiger partial charge in [0.2, 0.25) is 0 Å². The normalized spacial score (nSPS) is 10.1. The largest absolute Gasteiger partial charge is 0.485 e. The summed E-state index contributed by atoms with van der Waals surface area (Å²) in [5.41, 5.74) is 0.534. The van der Waals surface area contributed by atoms with Gasteiger partial charge in [0.05, 0.1) is 4.92 Å². The number of Topliss-reactive ketones (excluding diaryl/α,β-unsaturated/α-hetero) is 1. The summed E-state index contributed by atoms with van der Waals surface area (Å²) in [6, 6.07) is 12.5. The number of non-ortho nitro benzene ring substituents is 1. The van der Waals surface area contributed by atoms with E-state index in [1.165, 1.54) is 24.3 Å². The molecule has 0 aliphatic carbocycles. The van der Waals surface area contributed by atoms with Gasteiger partial charge in [-0.15, -0.1) is 0 Å². The van der Waals surface area contributed by atoms with E-state index in [1.807, 2.05) is 0 Å². The number of rotatable bonds is 5. The summed E-state index contributed by atoms with van der Waals surface area (Å²) in [4.78, 5) is 21.9. The lowest BCUT2D eigenvalue weighted by Gasteiger charge is -2.05. The average Bonchev–Trinajstić information content (AvgIpc) is 2.46. The average molecular weight is 336 g/mol. The minimum absolute atomic E-state index is 0.0170. The summed E-state index contributed by atoms with van der Waals surface area (Å²) < 4.78 is 6.20. The number of hydrogen-bond acceptors (Lipinski definition) is 4. The minimum Gasteiger partial charge on any atom is -0.485 e. The second kappa shape index (κ2) is 6.29. The van der Waals surface area contributed by atoms with Crippen molar-refractivity contribution < 1.29 is 14.5 Å². The van der Waals surface area contributed by atoms with Crippen molar-refractivity contribution in [3.05, 3.63) is 68.7 Å². The molecule has 2 rings (SSSR count). The molecule has 6 heteroatoms. The van der Waals surface area contributed by atoms with Crippen LogP contribution in [0.5, 0.6) is 5.75 Å². The van der Waals surface area contributed by atoms with E-state index < -0.39 is 4.92 Å². The zero-order valence-corrected chi connectivity index (χ0v) is 11.9. The van der Waals surface area contributed by atoms with Gasteiger partial charge in [0.15, 0.2) is 12.4 Å². The molecule has 0 unspecified atom stereocenters. The molecule has 0 atom stereocenters. The third kappa shape index (κ3) is 3.64. The SMILES string of the molecule is O=C(COc1ccc([N+](=O)[O-])cc1)c1ccc(Br)cc1. The summed E-state index contributed by atoms with van der Waals surface area (Å²) >= 11 is 3.29. The molecule has 0 radical (unpaired) electrons. The van der Waals surface area contributed by atoms with Gasteiger partial charge in [0.1, 0.15) is 5.75 Å². The molecule has 0 aliphatic heterocycles. The molecule has 20 heavy (non-hydrogen) atoms. The van der Waals surface area contributed by atoms with Gasteiger partial charge in [0, 0.05) is 22.2 Å². The van der Waals surface area contributed by atoms with Crippen LogP contribution >= 0.6 is 15.9 Å². The summed E-state index contributed by atoms with van der Waals surface area (Å²) in [5.74, 6) is 0.261. The third-order valence-electron chi connectivity index (χ3n) is 2.58. The van der Waals surface area contributed by atoms with Gasteiger partial charge in [0.25, 0.3) is 5.69 Å². The highest BCUT2D eigenvalue weighted by Crippen LogP contribution is 2.17. The lowest BCUT2D eigenvalue weighted by Crippen LogP contribution is -2.11. The molecule has 0 aromatic heterocycles. The van der Waals surface area contributed by atoms with E-state index in [-0.39, 0.29) is 18.1 Å². The van der Waals surface area contributed by atoms with Crippen molar-refractivity contribution in [1.82, 2.24) is 0 Å². The van der Waals surface area contributed by atoms with E-state index in [1.54, 1.807) is 24.3 Å².